The zero-order valence-electron chi connectivity index (χ0n) is 16.3. The lowest BCUT2D eigenvalue weighted by Gasteiger charge is -2.19. The van der Waals surface area contributed by atoms with Gasteiger partial charge in [0.2, 0.25) is 5.95 Å². The number of nitrogens with one attached hydrogen (secondary N) is 1. The Bertz CT molecular complexity index is 900. The molecule has 1 unspecified atom stereocenters. The first kappa shape index (κ1) is 18.7. The normalized spacial score (nSPS) is 21.6. The van der Waals surface area contributed by atoms with Gasteiger partial charge >= 0.3 is 0 Å². The van der Waals surface area contributed by atoms with Crippen molar-refractivity contribution in [1.82, 2.24) is 15.3 Å². The molecule has 1 saturated heterocycles. The fourth-order valence-corrected chi connectivity index (χ4v) is 3.86. The number of ether oxygens (including phenoxy) is 1. The van der Waals surface area contributed by atoms with E-state index in [1.54, 1.807) is 19.2 Å². The third-order valence-corrected chi connectivity index (χ3v) is 5.41. The van der Waals surface area contributed by atoms with E-state index in [0.29, 0.717) is 17.7 Å². The predicted molar refractivity (Wildman–Crippen MR) is 108 cm³/mol. The van der Waals surface area contributed by atoms with Crippen LogP contribution in [0, 0.1) is 5.82 Å². The topological polar surface area (TPSA) is 76.3 Å². The Labute approximate surface area is 164 Å². The van der Waals surface area contributed by atoms with E-state index >= 15 is 0 Å². The maximum atomic E-state index is 14.4. The van der Waals surface area contributed by atoms with Crippen molar-refractivity contribution in [2.45, 2.75) is 38.3 Å². The standard InChI is InChI=1S/C21H26FN5O/c1-3-15-10-18(26-21(25-15)27-8-7-14(23)12-27)17-9-13(11-24-17)20-16(22)5-4-6-19(20)28-2/h4-6,10-11,14,17,24H,3,7-9,12,23H2,1-2H3/t14-,17?/m1/s1. The zero-order chi connectivity index (χ0) is 19.7. The molecule has 0 aliphatic carbocycles. The Balaban J connectivity index is 1.60. The van der Waals surface area contributed by atoms with Crippen molar-refractivity contribution in [1.29, 1.82) is 0 Å². The SMILES string of the molecule is CCc1cc(C2CC(c3c(F)cccc3OC)=CN2)nc(N2CC[C@@H](N)C2)n1. The number of nitrogens with zero attached hydrogens (tertiary/aromatic N) is 3. The third kappa shape index (κ3) is 3.54. The van der Waals surface area contributed by atoms with E-state index in [9.17, 15) is 4.39 Å². The molecule has 28 heavy (non-hydrogen) atoms. The number of methoxy groups -OCH3 is 1. The molecular formula is C21H26FN5O. The monoisotopic (exact) mass is 383 g/mol. The number of nitrogens with two attached hydrogens (primary N) is 1. The molecule has 1 aromatic carbocycles. The third-order valence-electron chi connectivity index (χ3n) is 5.41. The van der Waals surface area contributed by atoms with E-state index in [2.05, 4.69) is 17.1 Å². The van der Waals surface area contributed by atoms with E-state index in [4.69, 9.17) is 20.4 Å². The first-order chi connectivity index (χ1) is 13.6. The molecule has 6 nitrogen and oxygen atoms in total. The van der Waals surface area contributed by atoms with Crippen LogP contribution in [0.5, 0.6) is 5.75 Å². The van der Waals surface area contributed by atoms with E-state index in [-0.39, 0.29) is 17.9 Å². The van der Waals surface area contributed by atoms with E-state index < -0.39 is 0 Å². The molecule has 2 aromatic rings. The summed E-state index contributed by atoms with van der Waals surface area (Å²) in [6.07, 6.45) is 4.28. The largest absolute Gasteiger partial charge is 0.496 e. The van der Waals surface area contributed by atoms with Gasteiger partial charge in [-0.3, -0.25) is 0 Å². The molecule has 3 heterocycles. The number of rotatable bonds is 5. The number of aryl methyl sites for hydroxylation is 1. The summed E-state index contributed by atoms with van der Waals surface area (Å²) in [5.74, 6) is 0.995. The summed E-state index contributed by atoms with van der Waals surface area (Å²) < 4.78 is 19.8. The zero-order valence-corrected chi connectivity index (χ0v) is 16.3. The van der Waals surface area contributed by atoms with Gasteiger partial charge in [-0.15, -0.1) is 0 Å². The van der Waals surface area contributed by atoms with Gasteiger partial charge < -0.3 is 20.7 Å². The van der Waals surface area contributed by atoms with E-state index in [0.717, 1.165) is 48.8 Å². The Hall–Kier alpha value is -2.67. The molecule has 2 aliphatic heterocycles. The molecule has 1 aromatic heterocycles. The van der Waals surface area contributed by atoms with Crippen LogP contribution in [0.3, 0.4) is 0 Å². The van der Waals surface area contributed by atoms with Crippen LogP contribution in [0.25, 0.3) is 5.57 Å². The number of aromatic nitrogens is 2. The molecule has 2 atom stereocenters. The van der Waals surface area contributed by atoms with E-state index in [1.165, 1.54) is 6.07 Å². The van der Waals surface area contributed by atoms with Crippen molar-refractivity contribution in [3.8, 4) is 5.75 Å². The van der Waals surface area contributed by atoms with Crippen molar-refractivity contribution >= 4 is 11.5 Å². The Morgan fingerprint density at radius 3 is 2.93 bits per heavy atom. The lowest BCUT2D eigenvalue weighted by molar-refractivity contribution is 0.409. The molecule has 0 saturated carbocycles. The minimum absolute atomic E-state index is 0.0253. The molecule has 4 rings (SSSR count). The molecule has 7 heteroatoms. The predicted octanol–water partition coefficient (Wildman–Crippen LogP) is 2.80. The molecule has 0 radical (unpaired) electrons. The quantitative estimate of drug-likeness (QED) is 0.827. The number of halogens is 1. The fourth-order valence-electron chi connectivity index (χ4n) is 3.86. The van der Waals surface area contributed by atoms with Gasteiger partial charge in [-0.1, -0.05) is 13.0 Å². The Morgan fingerprint density at radius 1 is 1.36 bits per heavy atom. The highest BCUT2D eigenvalue weighted by molar-refractivity contribution is 5.73. The number of anilines is 1. The van der Waals surface area contributed by atoms with Gasteiger partial charge in [0.15, 0.2) is 0 Å². The van der Waals surface area contributed by atoms with Crippen molar-refractivity contribution in [2.24, 2.45) is 5.73 Å². The van der Waals surface area contributed by atoms with Gasteiger partial charge in [-0.05, 0) is 36.6 Å². The molecule has 1 fully saturated rings. The highest BCUT2D eigenvalue weighted by atomic mass is 19.1. The summed E-state index contributed by atoms with van der Waals surface area (Å²) in [4.78, 5) is 11.7. The molecule has 148 valence electrons. The van der Waals surface area contributed by atoms with Gasteiger partial charge in [0, 0.05) is 37.4 Å². The number of hydrogen-bond acceptors (Lipinski definition) is 6. The maximum absolute atomic E-state index is 14.4. The van der Waals surface area contributed by atoms with Crippen LogP contribution in [-0.4, -0.2) is 36.2 Å². The fraction of sp³-hybridized carbons (Fsp3) is 0.429. The van der Waals surface area contributed by atoms with Gasteiger partial charge in [-0.25, -0.2) is 14.4 Å². The maximum Gasteiger partial charge on any atom is 0.225 e. The molecular weight excluding hydrogens is 357 g/mol. The molecule has 2 aliphatic rings. The average Bonchev–Trinajstić information content (AvgIpc) is 3.36. The van der Waals surface area contributed by atoms with Crippen LogP contribution in [0.1, 0.15) is 42.8 Å². The summed E-state index contributed by atoms with van der Waals surface area (Å²) in [5, 5.41) is 3.36. The highest BCUT2D eigenvalue weighted by Gasteiger charge is 2.27. The minimum Gasteiger partial charge on any atom is -0.496 e. The minimum atomic E-state index is -0.281. The summed E-state index contributed by atoms with van der Waals surface area (Å²) in [5.41, 5.74) is 9.36. The van der Waals surface area contributed by atoms with Crippen LogP contribution in [0.2, 0.25) is 0 Å². The summed E-state index contributed by atoms with van der Waals surface area (Å²) >= 11 is 0. The van der Waals surface area contributed by atoms with E-state index in [1.807, 2.05) is 12.3 Å². The average molecular weight is 383 g/mol. The van der Waals surface area contributed by atoms with Crippen LogP contribution in [-0.2, 0) is 6.42 Å². The summed E-state index contributed by atoms with van der Waals surface area (Å²) in [6, 6.07) is 7.07. The Kier molecular flexibility index (Phi) is 5.17. The summed E-state index contributed by atoms with van der Waals surface area (Å²) in [6.45, 7) is 3.74. The van der Waals surface area contributed by atoms with Crippen LogP contribution >= 0.6 is 0 Å². The lowest BCUT2D eigenvalue weighted by atomic mass is 9.99. The second-order valence-electron chi connectivity index (χ2n) is 7.34. The second kappa shape index (κ2) is 7.75. The van der Waals surface area contributed by atoms with Crippen LogP contribution in [0.15, 0.2) is 30.5 Å². The number of hydrogen-bond donors (Lipinski definition) is 2. The van der Waals surface area contributed by atoms with Gasteiger partial charge in [0.25, 0.3) is 0 Å². The second-order valence-corrected chi connectivity index (χ2v) is 7.34. The van der Waals surface area contributed by atoms with Crippen LogP contribution < -0.4 is 20.7 Å². The lowest BCUT2D eigenvalue weighted by Crippen LogP contribution is -2.28. The van der Waals surface area contributed by atoms with Crippen molar-refractivity contribution in [3.63, 3.8) is 0 Å². The van der Waals surface area contributed by atoms with Crippen molar-refractivity contribution in [3.05, 3.63) is 53.2 Å². The summed E-state index contributed by atoms with van der Waals surface area (Å²) in [7, 11) is 1.56. The highest BCUT2D eigenvalue weighted by Crippen LogP contribution is 2.37. The van der Waals surface area contributed by atoms with Gasteiger partial charge in [-0.2, -0.15) is 0 Å². The molecule has 0 bridgehead atoms. The van der Waals surface area contributed by atoms with Gasteiger partial charge in [0.1, 0.15) is 11.6 Å². The molecule has 0 spiro atoms. The van der Waals surface area contributed by atoms with Crippen molar-refractivity contribution in [2.75, 3.05) is 25.1 Å². The van der Waals surface area contributed by atoms with Crippen LogP contribution in [0.4, 0.5) is 10.3 Å². The molecule has 3 N–H and O–H groups in total. The number of benzene rings is 1. The first-order valence-corrected chi connectivity index (χ1v) is 9.75. The van der Waals surface area contributed by atoms with Crippen molar-refractivity contribution < 1.29 is 9.13 Å². The Morgan fingerprint density at radius 2 is 2.21 bits per heavy atom. The first-order valence-electron chi connectivity index (χ1n) is 9.75. The molecule has 0 amide bonds. The smallest absolute Gasteiger partial charge is 0.225 e. The van der Waals surface area contributed by atoms with Gasteiger partial charge in [0.05, 0.1) is 24.4 Å².